The number of nitrogen functional groups attached to an aromatic ring is 1. The Hall–Kier alpha value is -1.79. The molecule has 1 aromatic rings. The molecule has 0 amide bonds. The first kappa shape index (κ1) is 18.2. The minimum Gasteiger partial charge on any atom is -0.398 e. The quantitative estimate of drug-likeness (QED) is 0.831. The molecule has 0 bridgehead atoms. The van der Waals surface area contributed by atoms with Gasteiger partial charge in [-0.2, -0.15) is 5.26 Å². The molecule has 2 rings (SSSR count). The second-order valence-electron chi connectivity index (χ2n) is 4.96. The van der Waals surface area contributed by atoms with Crippen molar-refractivity contribution in [2.45, 2.75) is 38.6 Å². The fourth-order valence-electron chi connectivity index (χ4n) is 2.12. The van der Waals surface area contributed by atoms with E-state index in [9.17, 15) is 0 Å². The van der Waals surface area contributed by atoms with Crippen LogP contribution in [-0.4, -0.2) is 25.0 Å². The van der Waals surface area contributed by atoms with Gasteiger partial charge in [0.1, 0.15) is 0 Å². The van der Waals surface area contributed by atoms with Gasteiger partial charge in [-0.05, 0) is 38.6 Å². The lowest BCUT2D eigenvalue weighted by Gasteiger charge is -2.17. The van der Waals surface area contributed by atoms with Gasteiger partial charge in [-0.25, -0.2) is 0 Å². The third kappa shape index (κ3) is 7.60. The maximum Gasteiger partial charge on any atom is 0.0587 e. The number of para-hydroxylation sites is 1. The molecule has 0 aromatic heterocycles. The smallest absolute Gasteiger partial charge is 0.0587 e. The zero-order chi connectivity index (χ0) is 15.4. The largest absolute Gasteiger partial charge is 0.398 e. The zero-order valence-electron chi connectivity index (χ0n) is 13.0. The average molecular weight is 273 g/mol. The van der Waals surface area contributed by atoms with Crippen LogP contribution in [0, 0.1) is 11.3 Å². The monoisotopic (exact) mass is 273 g/mol. The van der Waals surface area contributed by atoms with Crippen molar-refractivity contribution < 1.29 is 0 Å². The fourth-order valence-corrected chi connectivity index (χ4v) is 2.12. The number of hydrogen-bond donors (Lipinski definition) is 1. The summed E-state index contributed by atoms with van der Waals surface area (Å²) >= 11 is 0. The Balaban J connectivity index is 0.000000304. The second kappa shape index (κ2) is 11.1. The molecule has 2 N–H and O–H groups in total. The highest BCUT2D eigenvalue weighted by molar-refractivity contribution is 5.62. The molecule has 20 heavy (non-hydrogen) atoms. The standard InChI is InChI=1S/C8H9N.C7H15N.C2H3N/c1-2-7-5-3-4-6-8(7)9;1-8(2)7-5-3-4-6-7;1-2-3/h2-6H,1,9H2;7H,3-6H2,1-2H3;1H3. The van der Waals surface area contributed by atoms with Gasteiger partial charge in [0, 0.05) is 18.7 Å². The lowest BCUT2D eigenvalue weighted by Crippen LogP contribution is -2.23. The average Bonchev–Trinajstić information content (AvgIpc) is 2.95. The van der Waals surface area contributed by atoms with Crippen molar-refractivity contribution in [1.29, 1.82) is 5.26 Å². The Bertz CT molecular complexity index is 412. The van der Waals surface area contributed by atoms with E-state index in [-0.39, 0.29) is 0 Å². The summed E-state index contributed by atoms with van der Waals surface area (Å²) in [6.07, 6.45) is 7.49. The van der Waals surface area contributed by atoms with Crippen LogP contribution < -0.4 is 5.73 Å². The molecule has 0 spiro atoms. The number of nitriles is 1. The minimum atomic E-state index is 0.785. The minimum absolute atomic E-state index is 0.785. The summed E-state index contributed by atoms with van der Waals surface area (Å²) < 4.78 is 0. The first-order valence-corrected chi connectivity index (χ1v) is 7.01. The molecule has 110 valence electrons. The third-order valence-corrected chi connectivity index (χ3v) is 3.27. The van der Waals surface area contributed by atoms with Gasteiger partial charge in [0.25, 0.3) is 0 Å². The van der Waals surface area contributed by atoms with Gasteiger partial charge >= 0.3 is 0 Å². The predicted molar refractivity (Wildman–Crippen MR) is 88.2 cm³/mol. The fraction of sp³-hybridized carbons (Fsp3) is 0.471. The molecule has 3 nitrogen and oxygen atoms in total. The summed E-state index contributed by atoms with van der Waals surface area (Å²) in [5.41, 5.74) is 7.34. The van der Waals surface area contributed by atoms with E-state index in [4.69, 9.17) is 11.0 Å². The molecule has 1 aliphatic rings. The molecule has 1 aliphatic carbocycles. The highest BCUT2D eigenvalue weighted by Gasteiger charge is 2.15. The highest BCUT2D eigenvalue weighted by Crippen LogP contribution is 2.20. The van der Waals surface area contributed by atoms with Crippen molar-refractivity contribution in [3.63, 3.8) is 0 Å². The summed E-state index contributed by atoms with van der Waals surface area (Å²) in [6, 6.07) is 10.3. The van der Waals surface area contributed by atoms with Crippen LogP contribution in [0.3, 0.4) is 0 Å². The van der Waals surface area contributed by atoms with Crippen LogP contribution in [0.25, 0.3) is 6.08 Å². The van der Waals surface area contributed by atoms with Crippen LogP contribution >= 0.6 is 0 Å². The Morgan fingerprint density at radius 2 is 1.80 bits per heavy atom. The topological polar surface area (TPSA) is 53.1 Å². The first-order valence-electron chi connectivity index (χ1n) is 7.01. The Labute approximate surface area is 123 Å². The van der Waals surface area contributed by atoms with Gasteiger partial charge in [0.2, 0.25) is 0 Å². The van der Waals surface area contributed by atoms with Crippen LogP contribution in [-0.2, 0) is 0 Å². The summed E-state index contributed by atoms with van der Waals surface area (Å²) in [5.74, 6) is 0. The molecular formula is C17H27N3. The molecule has 1 saturated carbocycles. The molecule has 1 aromatic carbocycles. The van der Waals surface area contributed by atoms with Crippen LogP contribution in [0.4, 0.5) is 5.69 Å². The van der Waals surface area contributed by atoms with E-state index >= 15 is 0 Å². The Morgan fingerprint density at radius 1 is 1.30 bits per heavy atom. The highest BCUT2D eigenvalue weighted by atomic mass is 15.1. The number of nitrogens with zero attached hydrogens (tertiary/aromatic N) is 2. The van der Waals surface area contributed by atoms with Crippen LogP contribution in [0.1, 0.15) is 38.2 Å². The molecule has 0 radical (unpaired) electrons. The van der Waals surface area contributed by atoms with Crippen molar-refractivity contribution in [3.8, 4) is 6.07 Å². The van der Waals surface area contributed by atoms with E-state index in [1.807, 2.05) is 24.3 Å². The van der Waals surface area contributed by atoms with E-state index in [1.165, 1.54) is 32.6 Å². The van der Waals surface area contributed by atoms with Gasteiger partial charge in [-0.1, -0.05) is 43.7 Å². The molecule has 0 unspecified atom stereocenters. The number of hydrogen-bond acceptors (Lipinski definition) is 3. The van der Waals surface area contributed by atoms with Gasteiger partial charge in [-0.15, -0.1) is 0 Å². The third-order valence-electron chi connectivity index (χ3n) is 3.27. The lowest BCUT2D eigenvalue weighted by atomic mass is 10.2. The summed E-state index contributed by atoms with van der Waals surface area (Å²) in [7, 11) is 4.35. The van der Waals surface area contributed by atoms with E-state index in [0.29, 0.717) is 0 Å². The normalized spacial score (nSPS) is 13.6. The van der Waals surface area contributed by atoms with Gasteiger partial charge in [0.15, 0.2) is 0 Å². The molecule has 3 heteroatoms. The molecule has 0 atom stereocenters. The summed E-state index contributed by atoms with van der Waals surface area (Å²) in [4.78, 5) is 2.34. The van der Waals surface area contributed by atoms with Crippen molar-refractivity contribution in [2.24, 2.45) is 0 Å². The maximum atomic E-state index is 7.32. The van der Waals surface area contributed by atoms with Crippen molar-refractivity contribution in [3.05, 3.63) is 36.4 Å². The second-order valence-corrected chi connectivity index (χ2v) is 4.96. The Kier molecular flexibility index (Phi) is 10.1. The van der Waals surface area contributed by atoms with E-state index in [0.717, 1.165) is 17.3 Å². The number of rotatable bonds is 2. The van der Waals surface area contributed by atoms with E-state index in [2.05, 4.69) is 25.6 Å². The van der Waals surface area contributed by atoms with Gasteiger partial charge < -0.3 is 10.6 Å². The summed E-state index contributed by atoms with van der Waals surface area (Å²) in [5, 5.41) is 7.32. The van der Waals surface area contributed by atoms with Crippen LogP contribution in [0.15, 0.2) is 30.8 Å². The summed E-state index contributed by atoms with van der Waals surface area (Å²) in [6.45, 7) is 5.04. The Morgan fingerprint density at radius 3 is 2.10 bits per heavy atom. The van der Waals surface area contributed by atoms with Gasteiger partial charge in [-0.3, -0.25) is 0 Å². The van der Waals surface area contributed by atoms with E-state index in [1.54, 1.807) is 12.1 Å². The number of nitrogens with two attached hydrogens (primary N) is 1. The first-order chi connectivity index (χ1) is 9.56. The molecular weight excluding hydrogens is 246 g/mol. The lowest BCUT2D eigenvalue weighted by molar-refractivity contribution is 0.299. The molecule has 0 heterocycles. The molecule has 0 saturated heterocycles. The van der Waals surface area contributed by atoms with Crippen molar-refractivity contribution in [2.75, 3.05) is 19.8 Å². The van der Waals surface area contributed by atoms with Crippen molar-refractivity contribution in [1.82, 2.24) is 4.90 Å². The molecule has 1 fully saturated rings. The van der Waals surface area contributed by atoms with Crippen LogP contribution in [0.2, 0.25) is 0 Å². The van der Waals surface area contributed by atoms with Crippen LogP contribution in [0.5, 0.6) is 0 Å². The van der Waals surface area contributed by atoms with Crippen molar-refractivity contribution >= 4 is 11.8 Å². The maximum absolute atomic E-state index is 7.32. The predicted octanol–water partition coefficient (Wildman–Crippen LogP) is 3.93. The zero-order valence-corrected chi connectivity index (χ0v) is 13.0. The molecule has 0 aliphatic heterocycles. The SMILES string of the molecule is C=Cc1ccccc1N.CC#N.CN(C)C1CCCC1. The number of anilines is 1. The van der Waals surface area contributed by atoms with E-state index < -0.39 is 0 Å². The van der Waals surface area contributed by atoms with Gasteiger partial charge in [0.05, 0.1) is 6.07 Å². The number of benzene rings is 1.